The van der Waals surface area contributed by atoms with E-state index in [2.05, 4.69) is 34.3 Å². The van der Waals surface area contributed by atoms with E-state index in [0.717, 1.165) is 49.1 Å². The van der Waals surface area contributed by atoms with Crippen LogP contribution in [0, 0.1) is 31.5 Å². The molecule has 1 aliphatic carbocycles. The van der Waals surface area contributed by atoms with Gasteiger partial charge in [0.1, 0.15) is 11.6 Å². The molecule has 4 heterocycles. The summed E-state index contributed by atoms with van der Waals surface area (Å²) < 4.78 is 15.5. The number of carbonyl (C=O) groups is 1. The van der Waals surface area contributed by atoms with E-state index < -0.39 is 5.82 Å². The van der Waals surface area contributed by atoms with Crippen LogP contribution in [0.4, 0.5) is 4.39 Å². The number of hydrogen-bond acceptors (Lipinski definition) is 5. The van der Waals surface area contributed by atoms with Gasteiger partial charge in [0.25, 0.3) is 0 Å². The van der Waals surface area contributed by atoms with Gasteiger partial charge in [-0.25, -0.2) is 19.0 Å². The largest absolute Gasteiger partial charge is 0.272 e. The number of nitrogens with zero attached hydrogens (tertiary/aromatic N) is 5. The Balaban J connectivity index is 1.21. The Morgan fingerprint density at radius 3 is 2.75 bits per heavy atom. The van der Waals surface area contributed by atoms with E-state index in [1.165, 1.54) is 22.9 Å². The van der Waals surface area contributed by atoms with E-state index in [4.69, 9.17) is 4.84 Å². The van der Waals surface area contributed by atoms with Gasteiger partial charge in [-0.3, -0.25) is 14.6 Å². The summed E-state index contributed by atoms with van der Waals surface area (Å²) in [6, 6.07) is 3.39. The molecule has 1 saturated carbocycles. The van der Waals surface area contributed by atoms with Gasteiger partial charge in [0.2, 0.25) is 5.91 Å². The third-order valence-electron chi connectivity index (χ3n) is 6.73. The van der Waals surface area contributed by atoms with Gasteiger partial charge in [-0.1, -0.05) is 6.07 Å². The molecule has 0 radical (unpaired) electrons. The fourth-order valence-corrected chi connectivity index (χ4v) is 5.16. The highest BCUT2D eigenvalue weighted by atomic mass is 19.1. The topological polar surface area (TPSA) is 72.6 Å². The first-order valence-corrected chi connectivity index (χ1v) is 11.4. The van der Waals surface area contributed by atoms with E-state index >= 15 is 0 Å². The molecule has 2 aliphatic rings. The molecule has 0 N–H and O–H groups in total. The summed E-state index contributed by atoms with van der Waals surface area (Å²) in [7, 11) is 0. The van der Waals surface area contributed by atoms with Crippen molar-refractivity contribution in [3.8, 4) is 0 Å². The number of pyridine rings is 2. The zero-order valence-electron chi connectivity index (χ0n) is 18.5. The fourth-order valence-electron chi connectivity index (χ4n) is 5.16. The monoisotopic (exact) mass is 437 g/mol. The Morgan fingerprint density at radius 2 is 1.97 bits per heavy atom. The molecule has 5 rings (SSSR count). The Morgan fingerprint density at radius 1 is 1.16 bits per heavy atom. The van der Waals surface area contributed by atoms with Crippen LogP contribution in [0.25, 0.3) is 5.65 Å². The van der Waals surface area contributed by atoms with Crippen molar-refractivity contribution in [2.75, 3.05) is 6.61 Å². The van der Waals surface area contributed by atoms with Crippen LogP contribution in [-0.2, 0) is 16.1 Å². The Hall–Kier alpha value is -2.87. The molecule has 2 fully saturated rings. The van der Waals surface area contributed by atoms with Crippen molar-refractivity contribution >= 4 is 11.6 Å². The molecule has 7 nitrogen and oxygen atoms in total. The van der Waals surface area contributed by atoms with Gasteiger partial charge in [0.05, 0.1) is 18.8 Å². The van der Waals surface area contributed by atoms with Gasteiger partial charge >= 0.3 is 0 Å². The average molecular weight is 438 g/mol. The molecule has 1 atom stereocenters. The minimum absolute atomic E-state index is 0.0190. The van der Waals surface area contributed by atoms with Crippen molar-refractivity contribution in [1.82, 2.24) is 24.6 Å². The van der Waals surface area contributed by atoms with Crippen LogP contribution < -0.4 is 0 Å². The maximum Gasteiger partial charge on any atom is 0.249 e. The molecule has 0 unspecified atom stereocenters. The van der Waals surface area contributed by atoms with Crippen molar-refractivity contribution in [2.45, 2.75) is 58.4 Å². The van der Waals surface area contributed by atoms with Crippen LogP contribution in [0.5, 0.6) is 0 Å². The van der Waals surface area contributed by atoms with Gasteiger partial charge in [-0.05, 0) is 74.6 Å². The molecule has 0 spiro atoms. The van der Waals surface area contributed by atoms with Gasteiger partial charge in [0, 0.05) is 24.7 Å². The van der Waals surface area contributed by atoms with E-state index in [1.54, 1.807) is 6.20 Å². The maximum absolute atomic E-state index is 13.6. The zero-order chi connectivity index (χ0) is 22.2. The lowest BCUT2D eigenvalue weighted by Gasteiger charge is -2.32. The van der Waals surface area contributed by atoms with Crippen LogP contribution in [0.3, 0.4) is 0 Å². The van der Waals surface area contributed by atoms with Gasteiger partial charge in [-0.15, -0.1) is 0 Å². The third-order valence-corrected chi connectivity index (χ3v) is 6.73. The number of amides is 1. The van der Waals surface area contributed by atoms with E-state index in [9.17, 15) is 9.18 Å². The third kappa shape index (κ3) is 4.11. The minimum atomic E-state index is -0.392. The summed E-state index contributed by atoms with van der Waals surface area (Å²) in [4.78, 5) is 27.3. The van der Waals surface area contributed by atoms with E-state index in [-0.39, 0.29) is 17.9 Å². The number of aryl methyl sites for hydroxylation is 2. The average Bonchev–Trinajstić information content (AvgIpc) is 3.40. The van der Waals surface area contributed by atoms with Crippen molar-refractivity contribution in [1.29, 1.82) is 0 Å². The number of halogens is 1. The molecule has 32 heavy (non-hydrogen) atoms. The van der Waals surface area contributed by atoms with Crippen LogP contribution >= 0.6 is 0 Å². The van der Waals surface area contributed by atoms with Crippen LogP contribution in [0.15, 0.2) is 30.7 Å². The molecule has 168 valence electrons. The first-order chi connectivity index (χ1) is 15.5. The molecule has 0 bridgehead atoms. The zero-order valence-corrected chi connectivity index (χ0v) is 18.5. The summed E-state index contributed by atoms with van der Waals surface area (Å²) in [6.45, 7) is 4.44. The van der Waals surface area contributed by atoms with Gasteiger partial charge in [0.15, 0.2) is 5.65 Å². The number of rotatable bonds is 4. The summed E-state index contributed by atoms with van der Waals surface area (Å²) in [5.74, 6) is 0.905. The lowest BCUT2D eigenvalue weighted by molar-refractivity contribution is -0.183. The molecular weight excluding hydrogens is 409 g/mol. The standard InChI is InChI=1S/C24H28FN5O2/c1-15-9-18(14-29-23(15)27-16(2)28-29)10-17-3-5-19(6-4-17)24(31)30-22(7-8-32-30)20-11-21(25)13-26-12-20/h9,11-14,17,19,22H,3-8,10H2,1-2H3/t17?,19?,22-/m0/s1. The highest BCUT2D eigenvalue weighted by Crippen LogP contribution is 2.37. The number of hydroxylamine groups is 2. The normalized spacial score (nSPS) is 23.7. The SMILES string of the molecule is Cc1nc2c(C)cc(CC3CCC(C(=O)N4OCC[C@H]4c4cncc(F)c4)CC3)cn2n1. The smallest absolute Gasteiger partial charge is 0.249 e. The van der Waals surface area contributed by atoms with Crippen molar-refractivity contribution in [2.24, 2.45) is 11.8 Å². The highest BCUT2D eigenvalue weighted by molar-refractivity contribution is 5.78. The van der Waals surface area contributed by atoms with Crippen LogP contribution in [-0.4, -0.2) is 37.2 Å². The van der Waals surface area contributed by atoms with Crippen LogP contribution in [0.2, 0.25) is 0 Å². The van der Waals surface area contributed by atoms with Crippen molar-refractivity contribution < 1.29 is 14.0 Å². The predicted molar refractivity (Wildman–Crippen MR) is 116 cm³/mol. The molecule has 3 aromatic rings. The van der Waals surface area contributed by atoms with Crippen molar-refractivity contribution in [3.05, 3.63) is 59.1 Å². The molecule has 0 aromatic carbocycles. The first kappa shape index (κ1) is 21.0. The molecule has 1 aliphatic heterocycles. The first-order valence-electron chi connectivity index (χ1n) is 11.4. The molecule has 3 aromatic heterocycles. The second-order valence-corrected chi connectivity index (χ2v) is 9.12. The molecule has 1 saturated heterocycles. The predicted octanol–water partition coefficient (Wildman–Crippen LogP) is 4.13. The summed E-state index contributed by atoms with van der Waals surface area (Å²) >= 11 is 0. The van der Waals surface area contributed by atoms with E-state index in [0.29, 0.717) is 24.5 Å². The molecule has 8 heteroatoms. The number of fused-ring (bicyclic) bond motifs is 1. The summed E-state index contributed by atoms with van der Waals surface area (Å²) in [5, 5.41) is 5.94. The number of hydrogen-bond donors (Lipinski definition) is 0. The Bertz CT molecular complexity index is 1140. The van der Waals surface area contributed by atoms with Gasteiger partial charge < -0.3 is 0 Å². The molecular formula is C24H28FN5O2. The Labute approximate surface area is 186 Å². The number of aromatic nitrogens is 4. The van der Waals surface area contributed by atoms with Crippen molar-refractivity contribution in [3.63, 3.8) is 0 Å². The van der Waals surface area contributed by atoms with E-state index in [1.807, 2.05) is 11.4 Å². The quantitative estimate of drug-likeness (QED) is 0.614. The number of carbonyl (C=O) groups excluding carboxylic acids is 1. The van der Waals surface area contributed by atoms with Crippen LogP contribution in [0.1, 0.15) is 60.7 Å². The molecule has 1 amide bonds. The Kier molecular flexibility index (Phi) is 5.63. The minimum Gasteiger partial charge on any atom is -0.272 e. The highest BCUT2D eigenvalue weighted by Gasteiger charge is 2.37. The summed E-state index contributed by atoms with van der Waals surface area (Å²) in [6.07, 6.45) is 10.2. The lowest BCUT2D eigenvalue weighted by atomic mass is 9.79. The maximum atomic E-state index is 13.6. The second kappa shape index (κ2) is 8.58. The van der Waals surface area contributed by atoms with Gasteiger partial charge in [-0.2, -0.15) is 5.10 Å². The second-order valence-electron chi connectivity index (χ2n) is 9.12. The lowest BCUT2D eigenvalue weighted by Crippen LogP contribution is -2.36. The fraction of sp³-hybridized carbons (Fsp3) is 0.500. The summed E-state index contributed by atoms with van der Waals surface area (Å²) in [5.41, 5.74) is 4.00.